The topological polar surface area (TPSA) is 94.9 Å². The van der Waals surface area contributed by atoms with Crippen LogP contribution in [-0.2, 0) is 14.4 Å². The van der Waals surface area contributed by atoms with Crippen molar-refractivity contribution >= 4 is 47.1 Å². The molecule has 0 aliphatic heterocycles. The number of carbonyl (C=O) groups is 3. The van der Waals surface area contributed by atoms with E-state index in [1.165, 1.54) is 6.08 Å². The van der Waals surface area contributed by atoms with Crippen molar-refractivity contribution in [3.63, 3.8) is 0 Å². The van der Waals surface area contributed by atoms with Gasteiger partial charge >= 0.3 is 18.1 Å². The van der Waals surface area contributed by atoms with Crippen LogP contribution in [0, 0.1) is 5.92 Å². The van der Waals surface area contributed by atoms with E-state index in [1.54, 1.807) is 12.1 Å². The lowest BCUT2D eigenvalue weighted by molar-refractivity contribution is -0.186. The summed E-state index contributed by atoms with van der Waals surface area (Å²) in [6.45, 7) is 0. The molecule has 184 valence electrons. The molecule has 0 saturated heterocycles. The number of hydrogen-bond donors (Lipinski definition) is 3. The monoisotopic (exact) mass is 497 g/mol. The number of hydrogen-bond acceptors (Lipinski definition) is 5. The number of carboxylic acid groups (broad SMARTS) is 1. The SMILES string of the molecule is CN(C(=O)C(F)(F)F)[C@@H](CS)C(=O)[C@H](C=Cc1ccc2ccccc2c1)[C@@H](O)CCCC(=O)O. The first-order valence-electron chi connectivity index (χ1n) is 10.5. The Labute approximate surface area is 200 Å². The number of nitrogens with zero attached hydrogens (tertiary/aromatic N) is 1. The van der Waals surface area contributed by atoms with Crippen molar-refractivity contribution in [1.82, 2.24) is 4.90 Å². The molecule has 2 aromatic rings. The number of aliphatic hydroxyl groups is 1. The summed E-state index contributed by atoms with van der Waals surface area (Å²) in [5, 5.41) is 21.4. The minimum absolute atomic E-state index is 0.0625. The van der Waals surface area contributed by atoms with Crippen LogP contribution in [0.5, 0.6) is 0 Å². The molecule has 2 aromatic carbocycles. The number of amides is 1. The Morgan fingerprint density at radius 2 is 1.76 bits per heavy atom. The number of aliphatic carboxylic acids is 1. The highest BCUT2D eigenvalue weighted by molar-refractivity contribution is 7.80. The van der Waals surface area contributed by atoms with Crippen LogP contribution >= 0.6 is 12.6 Å². The Morgan fingerprint density at radius 3 is 2.35 bits per heavy atom. The number of carboxylic acids is 1. The van der Waals surface area contributed by atoms with Crippen molar-refractivity contribution < 1.29 is 37.8 Å². The number of aliphatic hydroxyl groups excluding tert-OH is 1. The molecule has 2 rings (SSSR count). The molecule has 0 aliphatic rings. The number of alkyl halides is 3. The standard InChI is InChI=1S/C24H26F3NO5S/c1-28(23(33)24(25,26)27)19(14-34)22(32)18(20(29)7-4-8-21(30)31)12-10-15-9-11-16-5-2-3-6-17(16)13-15/h2-3,5-6,9-13,18-20,29,34H,4,7-8,14H2,1H3,(H,30,31)/t18-,19+,20+/m1/s1. The first kappa shape index (κ1) is 27.4. The highest BCUT2D eigenvalue weighted by Crippen LogP contribution is 2.24. The van der Waals surface area contributed by atoms with Gasteiger partial charge in [-0.2, -0.15) is 25.8 Å². The molecule has 0 aromatic heterocycles. The summed E-state index contributed by atoms with van der Waals surface area (Å²) in [6, 6.07) is 11.5. The van der Waals surface area contributed by atoms with Gasteiger partial charge in [0, 0.05) is 19.2 Å². The minimum Gasteiger partial charge on any atom is -0.481 e. The van der Waals surface area contributed by atoms with Gasteiger partial charge in [0.1, 0.15) is 0 Å². The van der Waals surface area contributed by atoms with E-state index in [1.807, 2.05) is 36.4 Å². The lowest BCUT2D eigenvalue weighted by Gasteiger charge is -2.30. The molecule has 34 heavy (non-hydrogen) atoms. The quantitative estimate of drug-likeness (QED) is 0.409. The molecular weight excluding hydrogens is 471 g/mol. The maximum atomic E-state index is 13.2. The Bertz CT molecular complexity index is 1060. The van der Waals surface area contributed by atoms with Crippen molar-refractivity contribution in [2.24, 2.45) is 5.92 Å². The number of rotatable bonds is 11. The van der Waals surface area contributed by atoms with Gasteiger partial charge in [-0.15, -0.1) is 0 Å². The van der Waals surface area contributed by atoms with Crippen LogP contribution in [0.4, 0.5) is 13.2 Å². The molecule has 0 fully saturated rings. The predicted octanol–water partition coefficient (Wildman–Crippen LogP) is 3.97. The van der Waals surface area contributed by atoms with Crippen molar-refractivity contribution in [2.45, 2.75) is 37.6 Å². The number of carbonyl (C=O) groups excluding carboxylic acids is 2. The second-order valence-corrected chi connectivity index (χ2v) is 8.22. The van der Waals surface area contributed by atoms with Gasteiger partial charge < -0.3 is 15.1 Å². The van der Waals surface area contributed by atoms with Gasteiger partial charge in [-0.3, -0.25) is 14.4 Å². The second-order valence-electron chi connectivity index (χ2n) is 7.86. The van der Waals surface area contributed by atoms with Crippen LogP contribution in [0.2, 0.25) is 0 Å². The van der Waals surface area contributed by atoms with E-state index < -0.39 is 41.9 Å². The lowest BCUT2D eigenvalue weighted by Crippen LogP contribution is -2.51. The number of ketones is 1. The normalized spacial score (nSPS) is 14.6. The third kappa shape index (κ3) is 7.33. The summed E-state index contributed by atoms with van der Waals surface area (Å²) in [7, 11) is 0.857. The number of thiol groups is 1. The van der Waals surface area contributed by atoms with Gasteiger partial charge in [0.15, 0.2) is 5.78 Å². The largest absolute Gasteiger partial charge is 0.481 e. The van der Waals surface area contributed by atoms with Crippen molar-refractivity contribution in [1.29, 1.82) is 0 Å². The van der Waals surface area contributed by atoms with Crippen LogP contribution in [0.1, 0.15) is 24.8 Å². The molecule has 1 amide bonds. The molecule has 0 spiro atoms. The van der Waals surface area contributed by atoms with Crippen LogP contribution in [0.25, 0.3) is 16.8 Å². The van der Waals surface area contributed by atoms with Crippen molar-refractivity contribution in [3.8, 4) is 0 Å². The van der Waals surface area contributed by atoms with Gasteiger partial charge in [0.2, 0.25) is 0 Å². The zero-order valence-electron chi connectivity index (χ0n) is 18.4. The highest BCUT2D eigenvalue weighted by atomic mass is 32.1. The third-order valence-corrected chi connectivity index (χ3v) is 5.78. The molecule has 0 saturated carbocycles. The summed E-state index contributed by atoms with van der Waals surface area (Å²) in [4.78, 5) is 35.9. The fraction of sp³-hybridized carbons (Fsp3) is 0.375. The van der Waals surface area contributed by atoms with E-state index in [2.05, 4.69) is 12.6 Å². The van der Waals surface area contributed by atoms with Crippen LogP contribution in [-0.4, -0.2) is 63.9 Å². The Balaban J connectivity index is 2.34. The first-order valence-corrected chi connectivity index (χ1v) is 11.1. The average molecular weight is 498 g/mol. The Morgan fingerprint density at radius 1 is 1.12 bits per heavy atom. The molecule has 0 bridgehead atoms. The van der Waals surface area contributed by atoms with Gasteiger partial charge in [-0.1, -0.05) is 48.6 Å². The molecule has 0 heterocycles. The van der Waals surface area contributed by atoms with Gasteiger partial charge in [-0.05, 0) is 35.2 Å². The van der Waals surface area contributed by atoms with Gasteiger partial charge in [0.05, 0.1) is 18.1 Å². The summed E-state index contributed by atoms with van der Waals surface area (Å²) >= 11 is 3.96. The molecule has 10 heteroatoms. The van der Waals surface area contributed by atoms with E-state index in [0.717, 1.165) is 17.8 Å². The van der Waals surface area contributed by atoms with E-state index in [0.29, 0.717) is 5.56 Å². The molecular formula is C24H26F3NO5S. The number of likely N-dealkylation sites (N-methyl/N-ethyl adjacent to an activating group) is 1. The third-order valence-electron chi connectivity index (χ3n) is 5.43. The number of benzene rings is 2. The number of fused-ring (bicyclic) bond motifs is 1. The number of halogens is 3. The highest BCUT2D eigenvalue weighted by Gasteiger charge is 2.45. The van der Waals surface area contributed by atoms with Crippen LogP contribution < -0.4 is 0 Å². The van der Waals surface area contributed by atoms with Crippen LogP contribution in [0.15, 0.2) is 48.5 Å². The fourth-order valence-electron chi connectivity index (χ4n) is 3.55. The predicted molar refractivity (Wildman–Crippen MR) is 125 cm³/mol. The van der Waals surface area contributed by atoms with E-state index in [4.69, 9.17) is 5.11 Å². The van der Waals surface area contributed by atoms with E-state index in [9.17, 15) is 32.7 Å². The van der Waals surface area contributed by atoms with E-state index >= 15 is 0 Å². The zero-order valence-corrected chi connectivity index (χ0v) is 19.3. The van der Waals surface area contributed by atoms with Gasteiger partial charge in [0.25, 0.3) is 0 Å². The number of Topliss-reactive ketones (excluding diaryl/α,β-unsaturated/α-hetero) is 1. The molecule has 3 atom stereocenters. The Kier molecular flexibility index (Phi) is 9.69. The molecule has 6 nitrogen and oxygen atoms in total. The average Bonchev–Trinajstić information content (AvgIpc) is 2.78. The first-order chi connectivity index (χ1) is 16.0. The zero-order chi connectivity index (χ0) is 25.5. The minimum atomic E-state index is -5.17. The molecule has 0 unspecified atom stereocenters. The van der Waals surface area contributed by atoms with Crippen molar-refractivity contribution in [2.75, 3.05) is 12.8 Å². The summed E-state index contributed by atoms with van der Waals surface area (Å²) < 4.78 is 38.7. The smallest absolute Gasteiger partial charge is 0.471 e. The van der Waals surface area contributed by atoms with Crippen molar-refractivity contribution in [3.05, 3.63) is 54.1 Å². The maximum absolute atomic E-state index is 13.2. The molecule has 0 radical (unpaired) electrons. The van der Waals surface area contributed by atoms with Gasteiger partial charge in [-0.25, -0.2) is 0 Å². The molecule has 0 aliphatic carbocycles. The summed E-state index contributed by atoms with van der Waals surface area (Å²) in [5.41, 5.74) is 0.691. The lowest BCUT2D eigenvalue weighted by atomic mass is 9.88. The molecule has 2 N–H and O–H groups in total. The Hall–Kier alpha value is -2.85. The summed E-state index contributed by atoms with van der Waals surface area (Å²) in [6.07, 6.45) is -3.84. The summed E-state index contributed by atoms with van der Waals surface area (Å²) in [5.74, 6) is -5.77. The maximum Gasteiger partial charge on any atom is 0.471 e. The van der Waals surface area contributed by atoms with E-state index in [-0.39, 0.29) is 29.9 Å². The second kappa shape index (κ2) is 12.0. The fourth-order valence-corrected chi connectivity index (χ4v) is 3.97. The van der Waals surface area contributed by atoms with Crippen LogP contribution in [0.3, 0.4) is 0 Å².